The van der Waals surface area contributed by atoms with Crippen molar-refractivity contribution in [1.29, 1.82) is 0 Å². The molecule has 0 saturated heterocycles. The molecule has 1 saturated carbocycles. The van der Waals surface area contributed by atoms with Crippen LogP contribution in [0.1, 0.15) is 68.7 Å². The van der Waals surface area contributed by atoms with Crippen LogP contribution in [0.4, 0.5) is 0 Å². The SMILES string of the molecule is CC.COc1ccccc1Cc1c(C2CCCCC2)[nH]c(=O)[nH]c1=O.c1ccccc1. The average Bonchev–Trinajstić information content (AvgIpc) is 2.84. The van der Waals surface area contributed by atoms with Gasteiger partial charge in [0, 0.05) is 17.7 Å². The van der Waals surface area contributed by atoms with Crippen molar-refractivity contribution in [3.63, 3.8) is 0 Å². The van der Waals surface area contributed by atoms with Crippen LogP contribution in [0.3, 0.4) is 0 Å². The topological polar surface area (TPSA) is 75.0 Å². The van der Waals surface area contributed by atoms with Gasteiger partial charge in [-0.2, -0.15) is 0 Å². The summed E-state index contributed by atoms with van der Waals surface area (Å²) in [7, 11) is 1.62. The number of nitrogens with one attached hydrogen (secondary N) is 2. The van der Waals surface area contributed by atoms with Gasteiger partial charge >= 0.3 is 5.69 Å². The standard InChI is InChI=1S/C18H22N2O3.C6H6.C2H6/c1-23-15-10-6-5-9-13(15)11-14-16(12-7-3-2-4-8-12)19-18(22)20-17(14)21;1-2-4-6-5-3-1;1-2/h5-6,9-10,12H,2-4,7-8,11H2,1H3,(H2,19,20,21,22);1-6H;1-2H3. The molecule has 0 bridgehead atoms. The van der Waals surface area contributed by atoms with Crippen molar-refractivity contribution >= 4 is 0 Å². The lowest BCUT2D eigenvalue weighted by atomic mass is 9.84. The number of methoxy groups -OCH3 is 1. The monoisotopic (exact) mass is 422 g/mol. The van der Waals surface area contributed by atoms with Crippen LogP contribution in [-0.2, 0) is 6.42 Å². The molecule has 5 nitrogen and oxygen atoms in total. The van der Waals surface area contributed by atoms with Crippen LogP contribution in [0.25, 0.3) is 0 Å². The van der Waals surface area contributed by atoms with Crippen LogP contribution in [0.5, 0.6) is 5.75 Å². The molecule has 4 rings (SSSR count). The van der Waals surface area contributed by atoms with Gasteiger partial charge < -0.3 is 9.72 Å². The average molecular weight is 423 g/mol. The molecule has 0 amide bonds. The number of aromatic nitrogens is 2. The first-order valence-corrected chi connectivity index (χ1v) is 11.2. The number of rotatable bonds is 4. The largest absolute Gasteiger partial charge is 0.496 e. The highest BCUT2D eigenvalue weighted by Gasteiger charge is 2.22. The molecular weight excluding hydrogens is 388 g/mol. The Kier molecular flexibility index (Phi) is 10.4. The third-order valence-corrected chi connectivity index (χ3v) is 5.31. The van der Waals surface area contributed by atoms with Crippen molar-refractivity contribution < 1.29 is 4.74 Å². The molecule has 166 valence electrons. The van der Waals surface area contributed by atoms with Gasteiger partial charge in [0.15, 0.2) is 0 Å². The van der Waals surface area contributed by atoms with E-state index >= 15 is 0 Å². The number of aromatic amines is 2. The Labute approximate surface area is 184 Å². The van der Waals surface area contributed by atoms with E-state index in [1.807, 2.05) is 74.5 Å². The molecule has 2 aromatic carbocycles. The zero-order valence-corrected chi connectivity index (χ0v) is 18.8. The van der Waals surface area contributed by atoms with Gasteiger partial charge in [0.25, 0.3) is 5.56 Å². The Hall–Kier alpha value is -3.08. The summed E-state index contributed by atoms with van der Waals surface area (Å²) in [6.45, 7) is 4.00. The Balaban J connectivity index is 0.000000363. The predicted molar refractivity (Wildman–Crippen MR) is 127 cm³/mol. The number of ether oxygens (including phenoxy) is 1. The minimum absolute atomic E-state index is 0.267. The summed E-state index contributed by atoms with van der Waals surface area (Å²) >= 11 is 0. The zero-order valence-electron chi connectivity index (χ0n) is 18.8. The minimum atomic E-state index is -0.417. The molecule has 1 heterocycles. The first-order chi connectivity index (χ1) is 15.2. The molecule has 1 aliphatic rings. The highest BCUT2D eigenvalue weighted by molar-refractivity contribution is 5.38. The van der Waals surface area contributed by atoms with E-state index in [9.17, 15) is 9.59 Å². The summed E-state index contributed by atoms with van der Waals surface area (Å²) in [6.07, 6.45) is 6.03. The molecule has 1 aliphatic carbocycles. The Morgan fingerprint density at radius 2 is 1.42 bits per heavy atom. The van der Waals surface area contributed by atoms with Gasteiger partial charge in [-0.3, -0.25) is 9.78 Å². The first-order valence-electron chi connectivity index (χ1n) is 11.2. The van der Waals surface area contributed by atoms with Gasteiger partial charge in [0.1, 0.15) is 5.75 Å². The number of benzene rings is 2. The molecule has 5 heteroatoms. The van der Waals surface area contributed by atoms with E-state index < -0.39 is 5.69 Å². The van der Waals surface area contributed by atoms with E-state index in [1.165, 1.54) is 6.42 Å². The van der Waals surface area contributed by atoms with E-state index in [-0.39, 0.29) is 11.5 Å². The molecule has 3 aromatic rings. The summed E-state index contributed by atoms with van der Waals surface area (Å²) in [4.78, 5) is 29.4. The number of hydrogen-bond acceptors (Lipinski definition) is 3. The van der Waals surface area contributed by atoms with Crippen LogP contribution in [-0.4, -0.2) is 17.1 Å². The number of hydrogen-bond donors (Lipinski definition) is 2. The molecule has 0 radical (unpaired) electrons. The fraction of sp³-hybridized carbons (Fsp3) is 0.385. The molecule has 0 unspecified atom stereocenters. The summed E-state index contributed by atoms with van der Waals surface area (Å²) in [5.41, 5.74) is 1.70. The summed E-state index contributed by atoms with van der Waals surface area (Å²) in [5.74, 6) is 1.02. The molecule has 31 heavy (non-hydrogen) atoms. The highest BCUT2D eigenvalue weighted by Crippen LogP contribution is 2.33. The van der Waals surface area contributed by atoms with Gasteiger partial charge in [0.05, 0.1) is 7.11 Å². The Morgan fingerprint density at radius 3 is 2.00 bits per heavy atom. The minimum Gasteiger partial charge on any atom is -0.496 e. The quantitative estimate of drug-likeness (QED) is 0.589. The smallest absolute Gasteiger partial charge is 0.325 e. The van der Waals surface area contributed by atoms with E-state index in [4.69, 9.17) is 4.74 Å². The maximum Gasteiger partial charge on any atom is 0.325 e. The van der Waals surface area contributed by atoms with Crippen molar-refractivity contribution in [2.45, 2.75) is 58.3 Å². The third-order valence-electron chi connectivity index (χ3n) is 5.31. The van der Waals surface area contributed by atoms with Crippen LogP contribution in [0, 0.1) is 0 Å². The van der Waals surface area contributed by atoms with Crippen molar-refractivity contribution in [2.75, 3.05) is 7.11 Å². The third kappa shape index (κ3) is 7.28. The predicted octanol–water partition coefficient (Wildman–Crippen LogP) is 5.42. The number of H-pyrrole nitrogens is 2. The number of para-hydroxylation sites is 1. The lowest BCUT2D eigenvalue weighted by Crippen LogP contribution is -2.30. The van der Waals surface area contributed by atoms with E-state index in [1.54, 1.807) is 7.11 Å². The van der Waals surface area contributed by atoms with E-state index in [0.29, 0.717) is 12.0 Å². The summed E-state index contributed by atoms with van der Waals surface area (Å²) in [6, 6.07) is 19.7. The van der Waals surface area contributed by atoms with Gasteiger partial charge in [-0.1, -0.05) is 87.7 Å². The second-order valence-electron chi connectivity index (χ2n) is 7.28. The van der Waals surface area contributed by atoms with E-state index in [0.717, 1.165) is 42.7 Å². The summed E-state index contributed by atoms with van der Waals surface area (Å²) < 4.78 is 5.38. The lowest BCUT2D eigenvalue weighted by Gasteiger charge is -2.23. The zero-order chi connectivity index (χ0) is 22.5. The molecule has 0 aliphatic heterocycles. The van der Waals surface area contributed by atoms with Crippen molar-refractivity contribution in [2.24, 2.45) is 0 Å². The van der Waals surface area contributed by atoms with Crippen molar-refractivity contribution in [1.82, 2.24) is 9.97 Å². The first kappa shape index (κ1) is 24.2. The van der Waals surface area contributed by atoms with Crippen LogP contribution < -0.4 is 16.0 Å². The highest BCUT2D eigenvalue weighted by atomic mass is 16.5. The molecule has 0 atom stereocenters. The fourth-order valence-corrected chi connectivity index (χ4v) is 3.87. The van der Waals surface area contributed by atoms with E-state index in [2.05, 4.69) is 9.97 Å². The molecule has 0 spiro atoms. The lowest BCUT2D eigenvalue weighted by molar-refractivity contribution is 0.410. The van der Waals surface area contributed by atoms with Gasteiger partial charge in [-0.25, -0.2) is 4.79 Å². The van der Waals surface area contributed by atoms with Crippen LogP contribution in [0.15, 0.2) is 70.3 Å². The second-order valence-corrected chi connectivity index (χ2v) is 7.28. The summed E-state index contributed by atoms with van der Waals surface area (Å²) in [5, 5.41) is 0. The fourth-order valence-electron chi connectivity index (χ4n) is 3.87. The maximum atomic E-state index is 12.4. The molecule has 1 fully saturated rings. The molecular formula is C26H34N2O3. The molecule has 1 aromatic heterocycles. The van der Waals surface area contributed by atoms with Gasteiger partial charge in [0.2, 0.25) is 0 Å². The Morgan fingerprint density at radius 1 is 0.839 bits per heavy atom. The maximum absolute atomic E-state index is 12.4. The van der Waals surface area contributed by atoms with Crippen molar-refractivity contribution in [3.8, 4) is 5.75 Å². The normalized spacial score (nSPS) is 13.3. The molecule has 2 N–H and O–H groups in total. The second kappa shape index (κ2) is 13.3. The Bertz CT molecular complexity index is 976. The van der Waals surface area contributed by atoms with Crippen LogP contribution in [0.2, 0.25) is 0 Å². The van der Waals surface area contributed by atoms with Gasteiger partial charge in [-0.15, -0.1) is 0 Å². The van der Waals surface area contributed by atoms with Crippen LogP contribution >= 0.6 is 0 Å². The van der Waals surface area contributed by atoms with Gasteiger partial charge in [-0.05, 0) is 30.4 Å². The van der Waals surface area contributed by atoms with Crippen molar-refractivity contribution in [3.05, 3.63) is 98.3 Å².